The van der Waals surface area contributed by atoms with E-state index in [4.69, 9.17) is 5.73 Å². The van der Waals surface area contributed by atoms with Crippen molar-refractivity contribution in [3.8, 4) is 0 Å². The number of nitrogens with one attached hydrogen (secondary N) is 1. The van der Waals surface area contributed by atoms with Gasteiger partial charge < -0.3 is 20.9 Å². The predicted molar refractivity (Wildman–Crippen MR) is 208 cm³/mol. The van der Waals surface area contributed by atoms with E-state index in [1.165, 1.54) is 212 Å². The Kier molecular flexibility index (Phi) is 45.7. The van der Waals surface area contributed by atoms with Gasteiger partial charge in [-0.1, -0.05) is 181 Å². The molecule has 0 saturated heterocycles. The predicted octanol–water partition coefficient (Wildman–Crippen LogP) is 11.8. The Hall–Kier alpha value is -0.160. The first-order valence-electron chi connectivity index (χ1n) is 20.8. The van der Waals surface area contributed by atoms with Crippen LogP contribution in [-0.2, 0) is 0 Å². The highest BCUT2D eigenvalue weighted by molar-refractivity contribution is 4.56. The van der Waals surface area contributed by atoms with Crippen LogP contribution in [0.5, 0.6) is 0 Å². The van der Waals surface area contributed by atoms with Gasteiger partial charge in [-0.15, -0.1) is 0 Å². The highest BCUT2D eigenvalue weighted by Gasteiger charge is 2.00. The third-order valence-corrected chi connectivity index (χ3v) is 9.30. The molecule has 0 amide bonds. The van der Waals surface area contributed by atoms with Crippen LogP contribution in [0.1, 0.15) is 206 Å². The summed E-state index contributed by atoms with van der Waals surface area (Å²) in [5, 5.41) is 3.45. The van der Waals surface area contributed by atoms with Gasteiger partial charge in [0.25, 0.3) is 0 Å². The molecule has 0 fully saturated rings. The second kappa shape index (κ2) is 43.8. The molecule has 0 aliphatic heterocycles. The zero-order valence-corrected chi connectivity index (χ0v) is 32.4. The van der Waals surface area contributed by atoms with Crippen molar-refractivity contribution in [2.45, 2.75) is 206 Å². The van der Waals surface area contributed by atoms with E-state index >= 15 is 0 Å². The molecule has 0 aliphatic rings. The molecule has 45 heavy (non-hydrogen) atoms. The molecule has 0 aromatic rings. The van der Waals surface area contributed by atoms with E-state index in [0.29, 0.717) is 0 Å². The van der Waals surface area contributed by atoms with E-state index in [-0.39, 0.29) is 0 Å². The number of nitrogens with zero attached hydrogens (tertiary/aromatic N) is 2. The largest absolute Gasteiger partial charge is 0.330 e. The van der Waals surface area contributed by atoms with Gasteiger partial charge in [0.2, 0.25) is 0 Å². The molecule has 0 saturated carbocycles. The van der Waals surface area contributed by atoms with Gasteiger partial charge >= 0.3 is 0 Å². The maximum Gasteiger partial charge on any atom is -0.000960 e. The van der Waals surface area contributed by atoms with Crippen molar-refractivity contribution in [3.05, 3.63) is 0 Å². The Morgan fingerprint density at radius 2 is 0.667 bits per heavy atom. The quantitative estimate of drug-likeness (QED) is 0.0665. The first kappa shape index (κ1) is 47.0. The standard InChI is InChI=1S/C22H48N2.C19H42N2/c1-5-6-7-8-9-10-11-12-13-14-15-16-17-18-21-24(4)22-19-20-23(2)3;1-2-3-4-5-6-7-8-9-10-11-12-13-14-15-18-21-19-16-17-20/h5-22H2,1-4H3;21H,2-20H2,1H3. The van der Waals surface area contributed by atoms with Crippen molar-refractivity contribution < 1.29 is 0 Å². The molecule has 4 heteroatoms. The highest BCUT2D eigenvalue weighted by Crippen LogP contribution is 2.14. The van der Waals surface area contributed by atoms with Crippen molar-refractivity contribution in [1.29, 1.82) is 0 Å². The SMILES string of the molecule is CCCCCCCCCCCCCCCCN(C)CCCN(C)C.CCCCCCCCCCCCCCCCNCCCN. The van der Waals surface area contributed by atoms with Gasteiger partial charge in [0.15, 0.2) is 0 Å². The van der Waals surface area contributed by atoms with E-state index < -0.39 is 0 Å². The molecule has 0 rings (SSSR count). The lowest BCUT2D eigenvalue weighted by molar-refractivity contribution is 0.294. The van der Waals surface area contributed by atoms with Crippen molar-refractivity contribution in [1.82, 2.24) is 15.1 Å². The van der Waals surface area contributed by atoms with Gasteiger partial charge in [0.1, 0.15) is 0 Å². The summed E-state index contributed by atoms with van der Waals surface area (Å²) in [6.07, 6.45) is 42.8. The van der Waals surface area contributed by atoms with Crippen LogP contribution < -0.4 is 11.1 Å². The number of nitrogens with two attached hydrogens (primary N) is 1. The fourth-order valence-electron chi connectivity index (χ4n) is 6.14. The third kappa shape index (κ3) is 48.4. The van der Waals surface area contributed by atoms with E-state index in [9.17, 15) is 0 Å². The van der Waals surface area contributed by atoms with Gasteiger partial charge in [-0.05, 0) is 86.1 Å². The minimum atomic E-state index is 0.811. The summed E-state index contributed by atoms with van der Waals surface area (Å²) in [4.78, 5) is 4.78. The fraction of sp³-hybridized carbons (Fsp3) is 1.00. The van der Waals surface area contributed by atoms with Gasteiger partial charge in [-0.3, -0.25) is 0 Å². The van der Waals surface area contributed by atoms with E-state index in [0.717, 1.165) is 19.5 Å². The Morgan fingerprint density at radius 1 is 0.356 bits per heavy atom. The van der Waals surface area contributed by atoms with Crippen molar-refractivity contribution in [3.63, 3.8) is 0 Å². The molecule has 0 aromatic heterocycles. The normalized spacial score (nSPS) is 11.5. The summed E-state index contributed by atoms with van der Waals surface area (Å²) < 4.78 is 0. The highest BCUT2D eigenvalue weighted by atomic mass is 15.1. The molecule has 0 atom stereocenters. The lowest BCUT2D eigenvalue weighted by Crippen LogP contribution is -2.24. The van der Waals surface area contributed by atoms with E-state index in [1.54, 1.807) is 0 Å². The summed E-state index contributed by atoms with van der Waals surface area (Å²) in [6.45, 7) is 11.4. The summed E-state index contributed by atoms with van der Waals surface area (Å²) in [7, 11) is 6.60. The van der Waals surface area contributed by atoms with Crippen LogP contribution in [-0.4, -0.2) is 70.2 Å². The van der Waals surface area contributed by atoms with Crippen LogP contribution in [0, 0.1) is 0 Å². The molecular weight excluding hydrogens is 548 g/mol. The molecule has 0 bridgehead atoms. The zero-order chi connectivity index (χ0) is 33.3. The number of hydrogen-bond acceptors (Lipinski definition) is 4. The lowest BCUT2D eigenvalue weighted by atomic mass is 10.0. The molecule has 0 aromatic carbocycles. The van der Waals surface area contributed by atoms with E-state index in [1.807, 2.05) is 0 Å². The zero-order valence-electron chi connectivity index (χ0n) is 32.4. The smallest absolute Gasteiger partial charge is 0.000960 e. The second-order valence-electron chi connectivity index (χ2n) is 14.5. The maximum absolute atomic E-state index is 5.45. The van der Waals surface area contributed by atoms with Crippen LogP contribution in [0.15, 0.2) is 0 Å². The van der Waals surface area contributed by atoms with Crippen LogP contribution in [0.25, 0.3) is 0 Å². The number of hydrogen-bond donors (Lipinski definition) is 2. The van der Waals surface area contributed by atoms with Gasteiger partial charge in [-0.2, -0.15) is 0 Å². The Balaban J connectivity index is 0. The average Bonchev–Trinajstić information content (AvgIpc) is 3.03. The lowest BCUT2D eigenvalue weighted by Gasteiger charge is -2.17. The molecule has 0 aliphatic carbocycles. The van der Waals surface area contributed by atoms with Gasteiger partial charge in [0.05, 0.1) is 0 Å². The molecule has 4 nitrogen and oxygen atoms in total. The van der Waals surface area contributed by atoms with Crippen LogP contribution in [0.2, 0.25) is 0 Å². The van der Waals surface area contributed by atoms with Gasteiger partial charge in [0, 0.05) is 0 Å². The van der Waals surface area contributed by atoms with Crippen LogP contribution >= 0.6 is 0 Å². The Labute approximate surface area is 287 Å². The van der Waals surface area contributed by atoms with Crippen LogP contribution in [0.3, 0.4) is 0 Å². The Morgan fingerprint density at radius 3 is 1.02 bits per heavy atom. The third-order valence-electron chi connectivity index (χ3n) is 9.30. The summed E-state index contributed by atoms with van der Waals surface area (Å²) in [5.41, 5.74) is 5.45. The summed E-state index contributed by atoms with van der Waals surface area (Å²) in [5.74, 6) is 0. The second-order valence-corrected chi connectivity index (χ2v) is 14.5. The van der Waals surface area contributed by atoms with Crippen molar-refractivity contribution >= 4 is 0 Å². The van der Waals surface area contributed by atoms with Crippen molar-refractivity contribution in [2.24, 2.45) is 5.73 Å². The topological polar surface area (TPSA) is 44.5 Å². The van der Waals surface area contributed by atoms with Gasteiger partial charge in [-0.25, -0.2) is 0 Å². The molecule has 0 radical (unpaired) electrons. The molecular formula is C41H90N4. The van der Waals surface area contributed by atoms with Crippen LogP contribution in [0.4, 0.5) is 0 Å². The number of rotatable bonds is 37. The monoisotopic (exact) mass is 639 g/mol. The fourth-order valence-corrected chi connectivity index (χ4v) is 6.14. The molecule has 0 unspecified atom stereocenters. The minimum Gasteiger partial charge on any atom is -0.330 e. The summed E-state index contributed by atoms with van der Waals surface area (Å²) in [6, 6.07) is 0. The molecule has 0 heterocycles. The first-order valence-corrected chi connectivity index (χ1v) is 20.8. The Bertz CT molecular complexity index is 466. The molecule has 274 valence electrons. The molecule has 3 N–H and O–H groups in total. The minimum absolute atomic E-state index is 0.811. The molecule has 0 spiro atoms. The maximum atomic E-state index is 5.45. The summed E-state index contributed by atoms with van der Waals surface area (Å²) >= 11 is 0. The number of unbranched alkanes of at least 4 members (excludes halogenated alkanes) is 26. The average molecular weight is 639 g/mol. The first-order chi connectivity index (χ1) is 22.1. The van der Waals surface area contributed by atoms with Crippen molar-refractivity contribution in [2.75, 3.05) is 60.4 Å². The van der Waals surface area contributed by atoms with E-state index in [2.05, 4.69) is 50.1 Å².